The lowest BCUT2D eigenvalue weighted by Gasteiger charge is -2.38. The fourth-order valence-electron chi connectivity index (χ4n) is 2.95. The van der Waals surface area contributed by atoms with Gasteiger partial charge in [0.25, 0.3) is 5.91 Å². The number of aromatic nitrogens is 1. The average molecular weight is 334 g/mol. The zero-order chi connectivity index (χ0) is 16.4. The minimum atomic E-state index is -0.0631. The fourth-order valence-corrected chi connectivity index (χ4v) is 3.25. The molecular weight excluding hydrogens is 314 g/mol. The molecule has 6 heteroatoms. The summed E-state index contributed by atoms with van der Waals surface area (Å²) in [6.07, 6.45) is 0. The quantitative estimate of drug-likeness (QED) is 0.865. The summed E-state index contributed by atoms with van der Waals surface area (Å²) >= 11 is 6.29. The molecule has 1 aliphatic rings. The van der Waals surface area contributed by atoms with Gasteiger partial charge in [-0.15, -0.1) is 0 Å². The van der Waals surface area contributed by atoms with Gasteiger partial charge in [-0.05, 0) is 25.5 Å². The van der Waals surface area contributed by atoms with Gasteiger partial charge in [-0.25, -0.2) is 0 Å². The molecular formula is C17H20ClN3O2. The molecule has 1 aromatic carbocycles. The number of nitrogens with zero attached hydrogens (tertiary/aromatic N) is 3. The second-order valence-corrected chi connectivity index (χ2v) is 6.26. The number of amides is 1. The minimum Gasteiger partial charge on any atom is -0.361 e. The van der Waals surface area contributed by atoms with E-state index in [1.165, 1.54) is 0 Å². The van der Waals surface area contributed by atoms with E-state index in [9.17, 15) is 4.79 Å². The molecule has 122 valence electrons. The average Bonchev–Trinajstić information content (AvgIpc) is 3.01. The van der Waals surface area contributed by atoms with Gasteiger partial charge in [0.2, 0.25) is 0 Å². The van der Waals surface area contributed by atoms with Crippen molar-refractivity contribution in [2.45, 2.75) is 19.9 Å². The number of carbonyl (C=O) groups is 1. The first kappa shape index (κ1) is 16.0. The Kier molecular flexibility index (Phi) is 4.68. The predicted octanol–water partition coefficient (Wildman–Crippen LogP) is 3.16. The van der Waals surface area contributed by atoms with E-state index in [0.717, 1.165) is 23.7 Å². The minimum absolute atomic E-state index is 0.0631. The standard InChI is InChI=1S/C17H20ClN3O2/c1-12-11-16(19-23-12)17(22)21-9-7-20(8-10-21)13(2)14-5-3-4-6-15(14)18/h3-6,11,13H,7-10H2,1-2H3. The van der Waals surface area contributed by atoms with Gasteiger partial charge in [0.15, 0.2) is 5.69 Å². The van der Waals surface area contributed by atoms with Gasteiger partial charge in [-0.3, -0.25) is 9.69 Å². The Morgan fingerprint density at radius 2 is 1.96 bits per heavy atom. The summed E-state index contributed by atoms with van der Waals surface area (Å²) in [4.78, 5) is 16.6. The molecule has 1 aliphatic heterocycles. The number of halogens is 1. The van der Waals surface area contributed by atoms with Crippen LogP contribution in [0.5, 0.6) is 0 Å². The van der Waals surface area contributed by atoms with E-state index in [-0.39, 0.29) is 11.9 Å². The summed E-state index contributed by atoms with van der Waals surface area (Å²) in [6.45, 7) is 6.93. The van der Waals surface area contributed by atoms with Gasteiger partial charge >= 0.3 is 0 Å². The first-order valence-electron chi connectivity index (χ1n) is 7.77. The molecule has 0 aliphatic carbocycles. The Bertz CT molecular complexity index is 693. The normalized spacial score (nSPS) is 17.3. The zero-order valence-electron chi connectivity index (χ0n) is 13.3. The van der Waals surface area contributed by atoms with Crippen molar-refractivity contribution in [3.8, 4) is 0 Å². The second-order valence-electron chi connectivity index (χ2n) is 5.85. The number of aryl methyl sites for hydroxylation is 1. The van der Waals surface area contributed by atoms with Crippen molar-refractivity contribution in [1.82, 2.24) is 15.0 Å². The van der Waals surface area contributed by atoms with Crippen LogP contribution in [-0.4, -0.2) is 47.0 Å². The molecule has 2 heterocycles. The summed E-state index contributed by atoms with van der Waals surface area (Å²) < 4.78 is 4.98. The van der Waals surface area contributed by atoms with Gasteiger partial charge in [-0.1, -0.05) is 35.0 Å². The molecule has 0 saturated carbocycles. The molecule has 1 saturated heterocycles. The Morgan fingerprint density at radius 1 is 1.26 bits per heavy atom. The second kappa shape index (κ2) is 6.72. The Morgan fingerprint density at radius 3 is 2.57 bits per heavy atom. The van der Waals surface area contributed by atoms with E-state index >= 15 is 0 Å². The van der Waals surface area contributed by atoms with Crippen LogP contribution in [0.15, 0.2) is 34.9 Å². The van der Waals surface area contributed by atoms with Gasteiger partial charge in [0, 0.05) is 43.3 Å². The van der Waals surface area contributed by atoms with Crippen molar-refractivity contribution in [3.63, 3.8) is 0 Å². The van der Waals surface area contributed by atoms with Crippen LogP contribution in [-0.2, 0) is 0 Å². The maximum atomic E-state index is 12.4. The molecule has 1 aromatic heterocycles. The molecule has 2 aromatic rings. The highest BCUT2D eigenvalue weighted by Crippen LogP contribution is 2.27. The van der Waals surface area contributed by atoms with Crippen molar-refractivity contribution in [2.24, 2.45) is 0 Å². The van der Waals surface area contributed by atoms with Gasteiger partial charge in [0.1, 0.15) is 5.76 Å². The smallest absolute Gasteiger partial charge is 0.276 e. The van der Waals surface area contributed by atoms with Crippen molar-refractivity contribution in [3.05, 3.63) is 52.4 Å². The molecule has 1 atom stereocenters. The Labute approximate surface area is 140 Å². The number of hydrogen-bond acceptors (Lipinski definition) is 4. The summed E-state index contributed by atoms with van der Waals surface area (Å²) in [5, 5.41) is 4.60. The SMILES string of the molecule is Cc1cc(C(=O)N2CCN(C(C)c3ccccc3Cl)CC2)no1. The molecule has 1 unspecified atom stereocenters. The molecule has 0 spiro atoms. The third kappa shape index (κ3) is 3.41. The van der Waals surface area contributed by atoms with Crippen LogP contribution in [0.4, 0.5) is 0 Å². The third-order valence-electron chi connectivity index (χ3n) is 4.35. The van der Waals surface area contributed by atoms with Gasteiger partial charge in [-0.2, -0.15) is 0 Å². The van der Waals surface area contributed by atoms with E-state index in [0.29, 0.717) is 24.5 Å². The Hall–Kier alpha value is -1.85. The lowest BCUT2D eigenvalue weighted by molar-refractivity contribution is 0.0572. The van der Waals surface area contributed by atoms with Gasteiger partial charge < -0.3 is 9.42 Å². The number of hydrogen-bond donors (Lipinski definition) is 0. The maximum absolute atomic E-state index is 12.4. The highest BCUT2D eigenvalue weighted by atomic mass is 35.5. The first-order valence-corrected chi connectivity index (χ1v) is 8.15. The number of benzene rings is 1. The summed E-state index contributed by atoms with van der Waals surface area (Å²) in [7, 11) is 0. The topological polar surface area (TPSA) is 49.6 Å². The zero-order valence-corrected chi connectivity index (χ0v) is 14.1. The molecule has 3 rings (SSSR count). The van der Waals surface area contributed by atoms with Crippen LogP contribution >= 0.6 is 11.6 Å². The molecule has 1 fully saturated rings. The summed E-state index contributed by atoms with van der Waals surface area (Å²) in [5.74, 6) is 0.589. The molecule has 0 bridgehead atoms. The Balaban J connectivity index is 1.62. The van der Waals surface area contributed by atoms with Gasteiger partial charge in [0.05, 0.1) is 0 Å². The summed E-state index contributed by atoms with van der Waals surface area (Å²) in [6, 6.07) is 9.83. The lowest BCUT2D eigenvalue weighted by Crippen LogP contribution is -2.49. The van der Waals surface area contributed by atoms with Crippen molar-refractivity contribution in [1.29, 1.82) is 0 Å². The predicted molar refractivity (Wildman–Crippen MR) is 88.6 cm³/mol. The molecule has 0 radical (unpaired) electrons. The maximum Gasteiger partial charge on any atom is 0.276 e. The third-order valence-corrected chi connectivity index (χ3v) is 4.70. The van der Waals surface area contributed by atoms with Crippen LogP contribution in [0.25, 0.3) is 0 Å². The van der Waals surface area contributed by atoms with Crippen LogP contribution in [0.3, 0.4) is 0 Å². The highest BCUT2D eigenvalue weighted by Gasteiger charge is 2.27. The monoisotopic (exact) mass is 333 g/mol. The van der Waals surface area contributed by atoms with Crippen LogP contribution in [0.1, 0.15) is 34.8 Å². The van der Waals surface area contributed by atoms with Crippen LogP contribution < -0.4 is 0 Å². The van der Waals surface area contributed by atoms with E-state index < -0.39 is 0 Å². The number of piperazine rings is 1. The molecule has 1 amide bonds. The molecule has 23 heavy (non-hydrogen) atoms. The van der Waals surface area contributed by atoms with Crippen LogP contribution in [0.2, 0.25) is 5.02 Å². The van der Waals surface area contributed by atoms with E-state index in [1.807, 2.05) is 23.1 Å². The largest absolute Gasteiger partial charge is 0.361 e. The highest BCUT2D eigenvalue weighted by molar-refractivity contribution is 6.31. The van der Waals surface area contributed by atoms with Crippen molar-refractivity contribution >= 4 is 17.5 Å². The van der Waals surface area contributed by atoms with E-state index in [4.69, 9.17) is 16.1 Å². The molecule has 0 N–H and O–H groups in total. The van der Waals surface area contributed by atoms with E-state index in [1.54, 1.807) is 13.0 Å². The van der Waals surface area contributed by atoms with Crippen molar-refractivity contribution in [2.75, 3.05) is 26.2 Å². The van der Waals surface area contributed by atoms with Crippen LogP contribution in [0, 0.1) is 6.92 Å². The van der Waals surface area contributed by atoms with Crippen molar-refractivity contribution < 1.29 is 9.32 Å². The fraction of sp³-hybridized carbons (Fsp3) is 0.412. The number of rotatable bonds is 3. The molecule has 5 nitrogen and oxygen atoms in total. The van der Waals surface area contributed by atoms with E-state index in [2.05, 4.69) is 23.0 Å². The lowest BCUT2D eigenvalue weighted by atomic mass is 10.1. The first-order chi connectivity index (χ1) is 11.1. The number of carbonyl (C=O) groups excluding carboxylic acids is 1. The summed E-state index contributed by atoms with van der Waals surface area (Å²) in [5.41, 5.74) is 1.51.